The highest BCUT2D eigenvalue weighted by Crippen LogP contribution is 2.30. The topological polar surface area (TPSA) is 45.7 Å². The first-order chi connectivity index (χ1) is 13.1. The van der Waals surface area contributed by atoms with Crippen molar-refractivity contribution in [2.75, 3.05) is 37.7 Å². The zero-order chi connectivity index (χ0) is 18.8. The van der Waals surface area contributed by atoms with E-state index in [0.717, 1.165) is 24.2 Å². The monoisotopic (exact) mass is 369 g/mol. The number of piperidine rings is 1. The molecule has 2 aliphatic heterocycles. The van der Waals surface area contributed by atoms with Gasteiger partial charge in [-0.05, 0) is 49.2 Å². The molecule has 1 aromatic heterocycles. The number of anilines is 1. The molecule has 0 bridgehead atoms. The van der Waals surface area contributed by atoms with Crippen LogP contribution < -0.4 is 4.90 Å². The van der Waals surface area contributed by atoms with Crippen molar-refractivity contribution in [1.82, 2.24) is 9.88 Å². The maximum atomic E-state index is 13.3. The number of hydrogen-bond donors (Lipinski definition) is 0. The maximum absolute atomic E-state index is 13.3. The molecule has 5 nitrogen and oxygen atoms in total. The van der Waals surface area contributed by atoms with Crippen LogP contribution in [0.2, 0.25) is 0 Å². The van der Waals surface area contributed by atoms with Gasteiger partial charge in [0.25, 0.3) is 5.91 Å². The van der Waals surface area contributed by atoms with E-state index in [2.05, 4.69) is 9.88 Å². The summed E-state index contributed by atoms with van der Waals surface area (Å²) in [6, 6.07) is 10.6. The Morgan fingerprint density at radius 2 is 2.00 bits per heavy atom. The fourth-order valence-electron chi connectivity index (χ4n) is 4.05. The highest BCUT2D eigenvalue weighted by Gasteiger charge is 2.37. The largest absolute Gasteiger partial charge is 0.379 e. The van der Waals surface area contributed by atoms with Gasteiger partial charge in [-0.25, -0.2) is 4.39 Å². The molecule has 0 unspecified atom stereocenters. The maximum Gasteiger partial charge on any atom is 0.272 e. The van der Waals surface area contributed by atoms with Gasteiger partial charge in [0.2, 0.25) is 0 Å². The number of aromatic nitrogens is 1. The number of halogens is 1. The minimum atomic E-state index is -0.229. The number of hydrogen-bond acceptors (Lipinski definition) is 4. The molecule has 1 amide bonds. The standard InChI is InChI=1S/C21H24FN3O2/c1-15-2-7-19(23-12-15)21(26)24-9-8-20-16(13-24)14-27-11-10-25(20)18-5-3-17(22)4-6-18/h2-7,12,16,20H,8-11,13-14H2,1H3/t16-,20+/m1/s1. The van der Waals surface area contributed by atoms with E-state index in [9.17, 15) is 9.18 Å². The fraction of sp³-hybridized carbons (Fsp3) is 0.429. The molecule has 27 heavy (non-hydrogen) atoms. The zero-order valence-corrected chi connectivity index (χ0v) is 15.5. The lowest BCUT2D eigenvalue weighted by Gasteiger charge is -2.43. The molecule has 2 aliphatic rings. The molecule has 142 valence electrons. The number of carbonyl (C=O) groups is 1. The normalized spacial score (nSPS) is 22.9. The molecule has 1 aromatic carbocycles. The van der Waals surface area contributed by atoms with Crippen LogP contribution in [-0.4, -0.2) is 54.7 Å². The van der Waals surface area contributed by atoms with Gasteiger partial charge in [-0.2, -0.15) is 0 Å². The van der Waals surface area contributed by atoms with Crippen LogP contribution in [0.15, 0.2) is 42.6 Å². The molecule has 0 N–H and O–H groups in total. The molecule has 2 fully saturated rings. The second-order valence-corrected chi connectivity index (χ2v) is 7.33. The SMILES string of the molecule is Cc1ccc(C(=O)N2CC[C@H]3[C@@H](COCCN3c3ccc(F)cc3)C2)nc1. The lowest BCUT2D eigenvalue weighted by molar-refractivity contribution is 0.0516. The van der Waals surface area contributed by atoms with Crippen LogP contribution in [0.5, 0.6) is 0 Å². The highest BCUT2D eigenvalue weighted by atomic mass is 19.1. The summed E-state index contributed by atoms with van der Waals surface area (Å²) in [6.45, 7) is 5.34. The number of fused-ring (bicyclic) bond motifs is 1. The summed E-state index contributed by atoms with van der Waals surface area (Å²) in [5.74, 6) is -0.0286. The Bertz CT molecular complexity index is 794. The quantitative estimate of drug-likeness (QED) is 0.817. The number of amides is 1. The zero-order valence-electron chi connectivity index (χ0n) is 15.5. The van der Waals surface area contributed by atoms with Gasteiger partial charge in [0.1, 0.15) is 11.5 Å². The van der Waals surface area contributed by atoms with Crippen LogP contribution in [0, 0.1) is 18.7 Å². The molecular weight excluding hydrogens is 345 g/mol. The number of likely N-dealkylation sites (tertiary alicyclic amines) is 1. The second kappa shape index (κ2) is 7.64. The van der Waals surface area contributed by atoms with Gasteiger partial charge >= 0.3 is 0 Å². The van der Waals surface area contributed by atoms with E-state index in [-0.39, 0.29) is 23.7 Å². The van der Waals surface area contributed by atoms with Gasteiger partial charge in [0.05, 0.1) is 13.2 Å². The van der Waals surface area contributed by atoms with Crippen LogP contribution in [0.25, 0.3) is 0 Å². The van der Waals surface area contributed by atoms with Crippen molar-refractivity contribution < 1.29 is 13.9 Å². The lowest BCUT2D eigenvalue weighted by atomic mass is 9.91. The molecule has 2 saturated heterocycles. The van der Waals surface area contributed by atoms with Crippen molar-refractivity contribution in [2.45, 2.75) is 19.4 Å². The molecule has 0 spiro atoms. The van der Waals surface area contributed by atoms with Gasteiger partial charge in [-0.1, -0.05) is 6.07 Å². The molecule has 6 heteroatoms. The number of carbonyl (C=O) groups excluding carboxylic acids is 1. The summed E-state index contributed by atoms with van der Waals surface area (Å²) >= 11 is 0. The Hall–Kier alpha value is -2.47. The Balaban J connectivity index is 1.51. The predicted octanol–water partition coefficient (Wildman–Crippen LogP) is 2.90. The van der Waals surface area contributed by atoms with Crippen molar-refractivity contribution in [3.8, 4) is 0 Å². The van der Waals surface area contributed by atoms with Crippen molar-refractivity contribution in [2.24, 2.45) is 5.92 Å². The van der Waals surface area contributed by atoms with Gasteiger partial charge in [0, 0.05) is 43.5 Å². The van der Waals surface area contributed by atoms with Crippen LogP contribution in [0.4, 0.5) is 10.1 Å². The summed E-state index contributed by atoms with van der Waals surface area (Å²) in [6.07, 6.45) is 2.59. The minimum Gasteiger partial charge on any atom is -0.379 e. The molecule has 4 rings (SSSR count). The van der Waals surface area contributed by atoms with Crippen LogP contribution in [-0.2, 0) is 4.74 Å². The highest BCUT2D eigenvalue weighted by molar-refractivity contribution is 5.92. The summed E-state index contributed by atoms with van der Waals surface area (Å²) in [5.41, 5.74) is 2.54. The predicted molar refractivity (Wildman–Crippen MR) is 101 cm³/mol. The molecule has 2 aromatic rings. The van der Waals surface area contributed by atoms with E-state index in [1.54, 1.807) is 12.3 Å². The Kier molecular flexibility index (Phi) is 5.07. The first-order valence-electron chi connectivity index (χ1n) is 9.44. The summed E-state index contributed by atoms with van der Waals surface area (Å²) in [5, 5.41) is 0. The number of ether oxygens (including phenoxy) is 1. The molecular formula is C21H24FN3O2. The van der Waals surface area contributed by atoms with E-state index in [1.807, 2.05) is 30.0 Å². The summed E-state index contributed by atoms with van der Waals surface area (Å²) < 4.78 is 19.1. The van der Waals surface area contributed by atoms with E-state index >= 15 is 0 Å². The molecule has 0 aliphatic carbocycles. The van der Waals surface area contributed by atoms with E-state index in [1.165, 1.54) is 12.1 Å². The fourth-order valence-corrected chi connectivity index (χ4v) is 4.05. The minimum absolute atomic E-state index is 0.0222. The van der Waals surface area contributed by atoms with Crippen LogP contribution in [0.3, 0.4) is 0 Å². The number of benzene rings is 1. The van der Waals surface area contributed by atoms with Gasteiger partial charge in [0.15, 0.2) is 0 Å². The van der Waals surface area contributed by atoms with E-state index < -0.39 is 0 Å². The number of pyridine rings is 1. The molecule has 2 atom stereocenters. The van der Waals surface area contributed by atoms with Crippen molar-refractivity contribution in [3.63, 3.8) is 0 Å². The van der Waals surface area contributed by atoms with Crippen molar-refractivity contribution >= 4 is 11.6 Å². The third-order valence-electron chi connectivity index (χ3n) is 5.48. The van der Waals surface area contributed by atoms with E-state index in [4.69, 9.17) is 4.74 Å². The van der Waals surface area contributed by atoms with Gasteiger partial charge in [-0.15, -0.1) is 0 Å². The van der Waals surface area contributed by atoms with Crippen LogP contribution in [0.1, 0.15) is 22.5 Å². The average Bonchev–Trinajstić information content (AvgIpc) is 2.90. The van der Waals surface area contributed by atoms with E-state index in [0.29, 0.717) is 32.0 Å². The number of rotatable bonds is 2. The first-order valence-corrected chi connectivity index (χ1v) is 9.44. The smallest absolute Gasteiger partial charge is 0.272 e. The first kappa shape index (κ1) is 17.9. The average molecular weight is 369 g/mol. The molecule has 3 heterocycles. The third-order valence-corrected chi connectivity index (χ3v) is 5.48. The lowest BCUT2D eigenvalue weighted by Crippen LogP contribution is -2.53. The number of nitrogens with zero attached hydrogens (tertiary/aromatic N) is 3. The van der Waals surface area contributed by atoms with Crippen molar-refractivity contribution in [1.29, 1.82) is 0 Å². The van der Waals surface area contributed by atoms with Gasteiger partial charge in [-0.3, -0.25) is 9.78 Å². The summed E-state index contributed by atoms with van der Waals surface area (Å²) in [4.78, 5) is 21.3. The third kappa shape index (κ3) is 3.81. The van der Waals surface area contributed by atoms with Gasteiger partial charge < -0.3 is 14.5 Å². The van der Waals surface area contributed by atoms with Crippen LogP contribution >= 0.6 is 0 Å². The molecule has 0 radical (unpaired) electrons. The second-order valence-electron chi connectivity index (χ2n) is 7.33. The summed E-state index contributed by atoms with van der Waals surface area (Å²) in [7, 11) is 0. The number of aryl methyl sites for hydroxylation is 1. The Morgan fingerprint density at radius 3 is 2.74 bits per heavy atom. The Morgan fingerprint density at radius 1 is 1.19 bits per heavy atom. The molecule has 0 saturated carbocycles. The Labute approximate surface area is 158 Å². The van der Waals surface area contributed by atoms with Crippen molar-refractivity contribution in [3.05, 3.63) is 59.7 Å².